The molecule has 2 unspecified atom stereocenters. The Kier molecular flexibility index (Phi) is 5.13. The molecular formula is C14H21N3OS. The smallest absolute Gasteiger partial charge is 0.0922 e. The summed E-state index contributed by atoms with van der Waals surface area (Å²) in [4.78, 5) is 0. The number of hydrogen-bond acceptors (Lipinski definition) is 4. The lowest BCUT2D eigenvalue weighted by Gasteiger charge is -2.10. The first kappa shape index (κ1) is 14.2. The molecule has 2 rings (SSSR count). The van der Waals surface area contributed by atoms with E-state index in [9.17, 15) is 5.11 Å². The third kappa shape index (κ3) is 3.89. The van der Waals surface area contributed by atoms with Crippen molar-refractivity contribution < 1.29 is 5.11 Å². The van der Waals surface area contributed by atoms with Crippen LogP contribution in [0.25, 0.3) is 0 Å². The van der Waals surface area contributed by atoms with E-state index in [1.807, 2.05) is 33.8 Å². The van der Waals surface area contributed by atoms with Crippen LogP contribution >= 0.6 is 11.3 Å². The minimum Gasteiger partial charge on any atom is -0.387 e. The molecule has 0 saturated heterocycles. The van der Waals surface area contributed by atoms with Gasteiger partial charge in [-0.2, -0.15) is 16.4 Å². The van der Waals surface area contributed by atoms with E-state index in [2.05, 4.69) is 24.3 Å². The molecule has 0 aliphatic heterocycles. The molecule has 0 radical (unpaired) electrons. The maximum Gasteiger partial charge on any atom is 0.0922 e. The molecule has 104 valence electrons. The highest BCUT2D eigenvalue weighted by Gasteiger charge is 2.08. The van der Waals surface area contributed by atoms with E-state index in [1.54, 1.807) is 11.3 Å². The summed E-state index contributed by atoms with van der Waals surface area (Å²) >= 11 is 1.60. The Hall–Kier alpha value is -1.17. The van der Waals surface area contributed by atoms with E-state index < -0.39 is 6.10 Å². The maximum atomic E-state index is 9.94. The molecule has 0 aromatic carbocycles. The second kappa shape index (κ2) is 6.84. The molecule has 2 aromatic rings. The van der Waals surface area contributed by atoms with Gasteiger partial charge in [-0.25, -0.2) is 0 Å². The van der Waals surface area contributed by atoms with Crippen molar-refractivity contribution in [1.82, 2.24) is 15.1 Å². The largest absolute Gasteiger partial charge is 0.387 e. The minimum atomic E-state index is -0.442. The van der Waals surface area contributed by atoms with E-state index >= 15 is 0 Å². The normalized spacial score (nSPS) is 14.5. The number of aliphatic hydroxyl groups is 1. The Balaban J connectivity index is 1.78. The van der Waals surface area contributed by atoms with Gasteiger partial charge in [-0.15, -0.1) is 0 Å². The van der Waals surface area contributed by atoms with Crippen LogP contribution in [-0.2, 0) is 6.54 Å². The molecule has 0 amide bonds. The molecule has 2 N–H and O–H groups in total. The minimum absolute atomic E-state index is 0.435. The van der Waals surface area contributed by atoms with E-state index in [4.69, 9.17) is 0 Å². The predicted octanol–water partition coefficient (Wildman–Crippen LogP) is 2.74. The average molecular weight is 279 g/mol. The van der Waals surface area contributed by atoms with Gasteiger partial charge in [0, 0.05) is 25.3 Å². The van der Waals surface area contributed by atoms with E-state index in [-0.39, 0.29) is 0 Å². The number of rotatable bonds is 7. The fourth-order valence-electron chi connectivity index (χ4n) is 1.82. The monoisotopic (exact) mass is 279 g/mol. The fourth-order valence-corrected chi connectivity index (χ4v) is 2.53. The average Bonchev–Trinajstić information content (AvgIpc) is 3.08. The molecule has 19 heavy (non-hydrogen) atoms. The van der Waals surface area contributed by atoms with Gasteiger partial charge in [0.15, 0.2) is 0 Å². The molecule has 2 atom stereocenters. The Morgan fingerprint density at radius 1 is 1.47 bits per heavy atom. The first-order valence-corrected chi connectivity index (χ1v) is 7.60. The Labute approximate surface area is 118 Å². The van der Waals surface area contributed by atoms with Gasteiger partial charge >= 0.3 is 0 Å². The standard InChI is InChI=1S/C14H21N3OS/c1-3-11(2)17-6-4-13(16-17)8-15-9-14(18)12-5-7-19-10-12/h4-7,10-11,14-15,18H,3,8-9H2,1-2H3. The molecule has 2 heterocycles. The van der Waals surface area contributed by atoms with Gasteiger partial charge in [0.25, 0.3) is 0 Å². The second-order valence-electron chi connectivity index (χ2n) is 4.75. The summed E-state index contributed by atoms with van der Waals surface area (Å²) in [7, 11) is 0. The number of aromatic nitrogens is 2. The zero-order valence-corrected chi connectivity index (χ0v) is 12.2. The van der Waals surface area contributed by atoms with Crippen LogP contribution in [0.4, 0.5) is 0 Å². The number of nitrogens with zero attached hydrogens (tertiary/aromatic N) is 2. The Morgan fingerprint density at radius 3 is 3.00 bits per heavy atom. The predicted molar refractivity (Wildman–Crippen MR) is 78.2 cm³/mol. The van der Waals surface area contributed by atoms with Crippen molar-refractivity contribution in [2.45, 2.75) is 39.0 Å². The lowest BCUT2D eigenvalue weighted by Crippen LogP contribution is -2.21. The highest BCUT2D eigenvalue weighted by molar-refractivity contribution is 7.07. The van der Waals surface area contributed by atoms with Crippen LogP contribution in [0.3, 0.4) is 0 Å². The van der Waals surface area contributed by atoms with Gasteiger partial charge in [0.1, 0.15) is 0 Å². The van der Waals surface area contributed by atoms with Gasteiger partial charge in [0.05, 0.1) is 11.8 Å². The highest BCUT2D eigenvalue weighted by Crippen LogP contribution is 2.15. The van der Waals surface area contributed by atoms with Crippen LogP contribution in [0.5, 0.6) is 0 Å². The number of hydrogen-bond donors (Lipinski definition) is 2. The van der Waals surface area contributed by atoms with Gasteiger partial charge < -0.3 is 10.4 Å². The van der Waals surface area contributed by atoms with Crippen molar-refractivity contribution in [3.05, 3.63) is 40.3 Å². The Morgan fingerprint density at radius 2 is 2.32 bits per heavy atom. The topological polar surface area (TPSA) is 50.1 Å². The Bertz CT molecular complexity index is 481. The number of thiophene rings is 1. The molecule has 2 aromatic heterocycles. The summed E-state index contributed by atoms with van der Waals surface area (Å²) < 4.78 is 1.99. The molecular weight excluding hydrogens is 258 g/mol. The molecule has 4 nitrogen and oxygen atoms in total. The summed E-state index contributed by atoms with van der Waals surface area (Å²) in [5.41, 5.74) is 1.99. The van der Waals surface area contributed by atoms with Crippen LogP contribution in [0, 0.1) is 0 Å². The summed E-state index contributed by atoms with van der Waals surface area (Å²) in [5, 5.41) is 21.6. The zero-order chi connectivity index (χ0) is 13.7. The summed E-state index contributed by atoms with van der Waals surface area (Å²) in [6.07, 6.45) is 2.65. The fraction of sp³-hybridized carbons (Fsp3) is 0.500. The van der Waals surface area contributed by atoms with Crippen LogP contribution in [-0.4, -0.2) is 21.4 Å². The molecule has 0 fully saturated rings. The molecule has 5 heteroatoms. The lowest BCUT2D eigenvalue weighted by molar-refractivity contribution is 0.174. The molecule has 0 bridgehead atoms. The van der Waals surface area contributed by atoms with E-state index in [0.717, 1.165) is 17.7 Å². The molecule has 0 aliphatic carbocycles. The van der Waals surface area contributed by atoms with Crippen LogP contribution in [0.1, 0.15) is 43.7 Å². The van der Waals surface area contributed by atoms with Crippen LogP contribution < -0.4 is 5.32 Å². The highest BCUT2D eigenvalue weighted by atomic mass is 32.1. The molecule has 0 spiro atoms. The maximum absolute atomic E-state index is 9.94. The van der Waals surface area contributed by atoms with Crippen molar-refractivity contribution in [2.75, 3.05) is 6.54 Å². The van der Waals surface area contributed by atoms with Crippen LogP contribution in [0.2, 0.25) is 0 Å². The summed E-state index contributed by atoms with van der Waals surface area (Å²) in [5.74, 6) is 0. The summed E-state index contributed by atoms with van der Waals surface area (Å²) in [6.45, 7) is 5.55. The molecule has 0 aliphatic rings. The zero-order valence-electron chi connectivity index (χ0n) is 11.4. The van der Waals surface area contributed by atoms with Crippen molar-refractivity contribution in [3.8, 4) is 0 Å². The SMILES string of the molecule is CCC(C)n1ccc(CNCC(O)c2ccsc2)n1. The quantitative estimate of drug-likeness (QED) is 0.819. The van der Waals surface area contributed by atoms with Gasteiger partial charge in [-0.3, -0.25) is 4.68 Å². The first-order valence-electron chi connectivity index (χ1n) is 6.65. The van der Waals surface area contributed by atoms with Crippen molar-refractivity contribution in [2.24, 2.45) is 0 Å². The third-order valence-corrected chi connectivity index (χ3v) is 3.98. The van der Waals surface area contributed by atoms with Gasteiger partial charge in [-0.05, 0) is 41.8 Å². The number of aliphatic hydroxyl groups excluding tert-OH is 1. The van der Waals surface area contributed by atoms with E-state index in [1.165, 1.54) is 0 Å². The van der Waals surface area contributed by atoms with Crippen LogP contribution in [0.15, 0.2) is 29.1 Å². The second-order valence-corrected chi connectivity index (χ2v) is 5.53. The van der Waals surface area contributed by atoms with Gasteiger partial charge in [0.2, 0.25) is 0 Å². The van der Waals surface area contributed by atoms with E-state index in [0.29, 0.717) is 19.1 Å². The van der Waals surface area contributed by atoms with Gasteiger partial charge in [-0.1, -0.05) is 6.92 Å². The number of nitrogens with one attached hydrogen (secondary N) is 1. The lowest BCUT2D eigenvalue weighted by atomic mass is 10.2. The third-order valence-electron chi connectivity index (χ3n) is 3.28. The van der Waals surface area contributed by atoms with Crippen molar-refractivity contribution >= 4 is 11.3 Å². The van der Waals surface area contributed by atoms with Crippen molar-refractivity contribution in [3.63, 3.8) is 0 Å². The molecule has 0 saturated carbocycles. The first-order chi connectivity index (χ1) is 9.20. The van der Waals surface area contributed by atoms with Crippen molar-refractivity contribution in [1.29, 1.82) is 0 Å². The summed E-state index contributed by atoms with van der Waals surface area (Å²) in [6, 6.07) is 4.41.